The van der Waals surface area contributed by atoms with Gasteiger partial charge in [0.2, 0.25) is 15.9 Å². The van der Waals surface area contributed by atoms with Gasteiger partial charge >= 0.3 is 0 Å². The highest BCUT2D eigenvalue weighted by Crippen LogP contribution is 2.23. The summed E-state index contributed by atoms with van der Waals surface area (Å²) in [6.07, 6.45) is 1.60. The number of nitrogens with one attached hydrogen (secondary N) is 1. The van der Waals surface area contributed by atoms with Crippen molar-refractivity contribution in [1.82, 2.24) is 14.6 Å². The first kappa shape index (κ1) is 22.3. The molecule has 3 rings (SSSR count). The van der Waals surface area contributed by atoms with E-state index in [4.69, 9.17) is 9.47 Å². The number of carbonyl (C=O) groups excluding carboxylic acids is 1. The Morgan fingerprint density at radius 2 is 1.77 bits per heavy atom. The first-order valence-electron chi connectivity index (χ1n) is 9.37. The van der Waals surface area contributed by atoms with Crippen molar-refractivity contribution in [2.45, 2.75) is 11.4 Å². The third kappa shape index (κ3) is 5.59. The molecule has 1 amide bonds. The first-order chi connectivity index (χ1) is 14.8. The van der Waals surface area contributed by atoms with Gasteiger partial charge in [0.25, 0.3) is 5.91 Å². The Hall–Kier alpha value is -3.43. The van der Waals surface area contributed by atoms with Crippen LogP contribution in [0.15, 0.2) is 71.8 Å². The molecule has 0 spiro atoms. The van der Waals surface area contributed by atoms with Gasteiger partial charge in [0.05, 0.1) is 12.0 Å². The minimum absolute atomic E-state index is 0.0610. The zero-order chi connectivity index (χ0) is 22.4. The zero-order valence-corrected chi connectivity index (χ0v) is 18.2. The van der Waals surface area contributed by atoms with Crippen LogP contribution in [0.5, 0.6) is 17.4 Å². The molecule has 0 fully saturated rings. The standard InChI is InChI=1S/C22H23N3O5S/c1-25(2)31(27,28)20-9-4-6-17(12-20)22(26)24-15-16-10-11-21(23-14-16)30-19-8-5-7-18(13-19)29-3/h4-14H,15H2,1-3H3,(H,24,26). The van der Waals surface area contributed by atoms with E-state index in [1.165, 1.54) is 32.3 Å². The quantitative estimate of drug-likeness (QED) is 0.577. The number of hydrogen-bond donors (Lipinski definition) is 1. The molecule has 31 heavy (non-hydrogen) atoms. The van der Waals surface area contributed by atoms with Crippen LogP contribution in [0.3, 0.4) is 0 Å². The summed E-state index contributed by atoms with van der Waals surface area (Å²) in [5, 5.41) is 2.76. The fraction of sp³-hybridized carbons (Fsp3) is 0.182. The molecule has 3 aromatic rings. The molecule has 1 aromatic heterocycles. The lowest BCUT2D eigenvalue weighted by molar-refractivity contribution is 0.0950. The van der Waals surface area contributed by atoms with Crippen LogP contribution in [0.2, 0.25) is 0 Å². The van der Waals surface area contributed by atoms with Gasteiger partial charge in [-0.15, -0.1) is 0 Å². The molecule has 9 heteroatoms. The molecular weight excluding hydrogens is 418 g/mol. The van der Waals surface area contributed by atoms with Gasteiger partial charge in [-0.2, -0.15) is 0 Å². The predicted octanol–water partition coefficient (Wildman–Crippen LogP) is 3.06. The fourth-order valence-electron chi connectivity index (χ4n) is 2.65. The van der Waals surface area contributed by atoms with Crippen molar-refractivity contribution in [1.29, 1.82) is 0 Å². The predicted molar refractivity (Wildman–Crippen MR) is 116 cm³/mol. The van der Waals surface area contributed by atoms with Crippen molar-refractivity contribution in [3.8, 4) is 17.4 Å². The third-order valence-electron chi connectivity index (χ3n) is 4.39. The van der Waals surface area contributed by atoms with E-state index in [-0.39, 0.29) is 22.9 Å². The van der Waals surface area contributed by atoms with Crippen LogP contribution in [0, 0.1) is 0 Å². The molecule has 0 aliphatic carbocycles. The summed E-state index contributed by atoms with van der Waals surface area (Å²) < 4.78 is 36.5. The van der Waals surface area contributed by atoms with Crippen LogP contribution >= 0.6 is 0 Å². The Balaban J connectivity index is 1.62. The number of sulfonamides is 1. The van der Waals surface area contributed by atoms with E-state index in [0.717, 1.165) is 9.87 Å². The van der Waals surface area contributed by atoms with Gasteiger partial charge in [0, 0.05) is 44.5 Å². The molecule has 0 saturated heterocycles. The van der Waals surface area contributed by atoms with Crippen molar-refractivity contribution in [2.24, 2.45) is 0 Å². The van der Waals surface area contributed by atoms with E-state index in [1.54, 1.807) is 43.6 Å². The summed E-state index contributed by atoms with van der Waals surface area (Å²) in [5.74, 6) is 1.30. The van der Waals surface area contributed by atoms with E-state index in [2.05, 4.69) is 10.3 Å². The smallest absolute Gasteiger partial charge is 0.251 e. The van der Waals surface area contributed by atoms with Crippen LogP contribution < -0.4 is 14.8 Å². The Kier molecular flexibility index (Phi) is 6.88. The molecule has 1 heterocycles. The van der Waals surface area contributed by atoms with Crippen molar-refractivity contribution in [3.63, 3.8) is 0 Å². The van der Waals surface area contributed by atoms with E-state index < -0.39 is 10.0 Å². The van der Waals surface area contributed by atoms with Crippen molar-refractivity contribution in [2.75, 3.05) is 21.2 Å². The van der Waals surface area contributed by atoms with Gasteiger partial charge in [-0.05, 0) is 35.9 Å². The van der Waals surface area contributed by atoms with Crippen LogP contribution in [0.4, 0.5) is 0 Å². The van der Waals surface area contributed by atoms with Gasteiger partial charge in [-0.25, -0.2) is 17.7 Å². The monoisotopic (exact) mass is 441 g/mol. The minimum Gasteiger partial charge on any atom is -0.497 e. The zero-order valence-electron chi connectivity index (χ0n) is 17.4. The first-order valence-corrected chi connectivity index (χ1v) is 10.8. The molecule has 0 atom stereocenters. The molecule has 1 N–H and O–H groups in total. The number of hydrogen-bond acceptors (Lipinski definition) is 6. The van der Waals surface area contributed by atoms with Gasteiger partial charge in [-0.1, -0.05) is 18.2 Å². The lowest BCUT2D eigenvalue weighted by atomic mass is 10.2. The number of amides is 1. The summed E-state index contributed by atoms with van der Waals surface area (Å²) in [7, 11) is 0.850. The number of nitrogens with zero attached hydrogens (tertiary/aromatic N) is 2. The Labute approximate surface area is 181 Å². The average molecular weight is 442 g/mol. The Morgan fingerprint density at radius 3 is 2.45 bits per heavy atom. The number of methoxy groups -OCH3 is 1. The SMILES string of the molecule is COc1cccc(Oc2ccc(CNC(=O)c3cccc(S(=O)(=O)N(C)C)c3)cn2)c1. The van der Waals surface area contributed by atoms with Gasteiger partial charge in [0.15, 0.2) is 0 Å². The molecule has 8 nitrogen and oxygen atoms in total. The van der Waals surface area contributed by atoms with E-state index >= 15 is 0 Å². The number of aromatic nitrogens is 1. The van der Waals surface area contributed by atoms with E-state index in [1.807, 2.05) is 12.1 Å². The molecule has 0 unspecified atom stereocenters. The van der Waals surface area contributed by atoms with Gasteiger partial charge < -0.3 is 14.8 Å². The average Bonchev–Trinajstić information content (AvgIpc) is 2.78. The minimum atomic E-state index is -3.61. The third-order valence-corrected chi connectivity index (χ3v) is 6.20. The number of ether oxygens (including phenoxy) is 2. The number of rotatable bonds is 8. The van der Waals surface area contributed by atoms with E-state index in [0.29, 0.717) is 17.4 Å². The van der Waals surface area contributed by atoms with Crippen molar-refractivity contribution in [3.05, 3.63) is 78.0 Å². The van der Waals surface area contributed by atoms with Gasteiger partial charge in [-0.3, -0.25) is 4.79 Å². The second kappa shape index (κ2) is 9.59. The normalized spacial score (nSPS) is 11.2. The molecular formula is C22H23N3O5S. The highest BCUT2D eigenvalue weighted by Gasteiger charge is 2.18. The molecule has 2 aromatic carbocycles. The number of pyridine rings is 1. The fourth-order valence-corrected chi connectivity index (χ4v) is 3.60. The van der Waals surface area contributed by atoms with Crippen LogP contribution in [-0.2, 0) is 16.6 Å². The number of benzene rings is 2. The van der Waals surface area contributed by atoms with Crippen LogP contribution in [0.1, 0.15) is 15.9 Å². The molecule has 0 radical (unpaired) electrons. The lowest BCUT2D eigenvalue weighted by Crippen LogP contribution is -2.25. The highest BCUT2D eigenvalue weighted by molar-refractivity contribution is 7.89. The maximum atomic E-state index is 12.5. The lowest BCUT2D eigenvalue weighted by Gasteiger charge is -2.12. The number of carbonyl (C=O) groups is 1. The Morgan fingerprint density at radius 1 is 1.03 bits per heavy atom. The largest absolute Gasteiger partial charge is 0.497 e. The van der Waals surface area contributed by atoms with Gasteiger partial charge in [0.1, 0.15) is 11.5 Å². The molecule has 0 aliphatic rings. The second-order valence-corrected chi connectivity index (χ2v) is 8.94. The topological polar surface area (TPSA) is 97.8 Å². The van der Waals surface area contributed by atoms with Crippen LogP contribution in [0.25, 0.3) is 0 Å². The second-order valence-electron chi connectivity index (χ2n) is 6.78. The van der Waals surface area contributed by atoms with Crippen molar-refractivity contribution >= 4 is 15.9 Å². The van der Waals surface area contributed by atoms with Crippen LogP contribution in [-0.4, -0.2) is 44.8 Å². The summed E-state index contributed by atoms with van der Waals surface area (Å²) >= 11 is 0. The maximum absolute atomic E-state index is 12.5. The van der Waals surface area contributed by atoms with Crippen molar-refractivity contribution < 1.29 is 22.7 Å². The summed E-state index contributed by atoms with van der Waals surface area (Å²) in [6, 6.07) is 16.6. The summed E-state index contributed by atoms with van der Waals surface area (Å²) in [5.41, 5.74) is 1.03. The molecule has 0 saturated carbocycles. The molecule has 0 bridgehead atoms. The maximum Gasteiger partial charge on any atom is 0.251 e. The summed E-state index contributed by atoms with van der Waals surface area (Å²) in [4.78, 5) is 16.8. The highest BCUT2D eigenvalue weighted by atomic mass is 32.2. The van der Waals surface area contributed by atoms with E-state index in [9.17, 15) is 13.2 Å². The summed E-state index contributed by atoms with van der Waals surface area (Å²) in [6.45, 7) is 0.232. The molecule has 0 aliphatic heterocycles. The Bertz CT molecular complexity index is 1160. The molecule has 162 valence electrons.